The Balaban J connectivity index is 1.66. The molecule has 0 heterocycles. The molecule has 1 saturated carbocycles. The molecule has 0 spiro atoms. The number of nitrogens with one attached hydrogen (secondary N) is 2. The molecule has 26 heavy (non-hydrogen) atoms. The number of ether oxygens (including phenoxy) is 1. The molecule has 1 atom stereocenters. The van der Waals surface area contributed by atoms with Gasteiger partial charge >= 0.3 is 0 Å². The van der Waals surface area contributed by atoms with E-state index in [4.69, 9.17) is 4.74 Å². The maximum Gasteiger partial charge on any atom is 0.240 e. The lowest BCUT2D eigenvalue weighted by Crippen LogP contribution is -2.18. The van der Waals surface area contributed by atoms with E-state index in [1.165, 1.54) is 19.9 Å². The third-order valence-electron chi connectivity index (χ3n) is 4.78. The van der Waals surface area contributed by atoms with Gasteiger partial charge in [0.2, 0.25) is 10.0 Å². The Morgan fingerprint density at radius 3 is 2.42 bits per heavy atom. The molecular formula is C20H26N2O3S. The van der Waals surface area contributed by atoms with E-state index in [0.717, 1.165) is 29.8 Å². The molecule has 3 rings (SSSR count). The summed E-state index contributed by atoms with van der Waals surface area (Å²) in [4.78, 5) is 0.267. The highest BCUT2D eigenvalue weighted by Crippen LogP contribution is 2.27. The van der Waals surface area contributed by atoms with Crippen LogP contribution in [-0.2, 0) is 10.0 Å². The van der Waals surface area contributed by atoms with Gasteiger partial charge in [0.1, 0.15) is 5.75 Å². The first-order chi connectivity index (χ1) is 12.5. The molecule has 140 valence electrons. The summed E-state index contributed by atoms with van der Waals surface area (Å²) < 4.78 is 32.0. The van der Waals surface area contributed by atoms with Crippen LogP contribution in [0.4, 0.5) is 5.69 Å². The molecule has 0 bridgehead atoms. The monoisotopic (exact) mass is 374 g/mol. The standard InChI is InChI=1S/C20H26N2O3S/c1-15(16-10-12-20(13-11-16)26(23,24)21-2)22-17-6-5-9-19(14-17)25-18-7-3-4-8-18/h5-6,9-15,18,21-22H,3-4,7-8H2,1-2H3. The normalized spacial score (nSPS) is 16.4. The maximum absolute atomic E-state index is 11.8. The van der Waals surface area contributed by atoms with Gasteiger partial charge in [-0.2, -0.15) is 0 Å². The summed E-state index contributed by atoms with van der Waals surface area (Å²) in [6, 6.07) is 15.0. The van der Waals surface area contributed by atoms with E-state index in [9.17, 15) is 8.42 Å². The van der Waals surface area contributed by atoms with E-state index in [0.29, 0.717) is 6.10 Å². The number of sulfonamides is 1. The van der Waals surface area contributed by atoms with Gasteiger partial charge in [0.25, 0.3) is 0 Å². The zero-order chi connectivity index (χ0) is 18.6. The fourth-order valence-electron chi connectivity index (χ4n) is 3.24. The number of benzene rings is 2. The van der Waals surface area contributed by atoms with E-state index in [-0.39, 0.29) is 10.9 Å². The van der Waals surface area contributed by atoms with Crippen LogP contribution >= 0.6 is 0 Å². The molecule has 1 aliphatic carbocycles. The molecule has 1 fully saturated rings. The molecule has 2 aromatic carbocycles. The predicted octanol–water partition coefficient (Wildman–Crippen LogP) is 4.09. The van der Waals surface area contributed by atoms with Crippen molar-refractivity contribution in [3.63, 3.8) is 0 Å². The Morgan fingerprint density at radius 2 is 1.77 bits per heavy atom. The average molecular weight is 375 g/mol. The molecule has 6 heteroatoms. The van der Waals surface area contributed by atoms with Gasteiger partial charge in [0.15, 0.2) is 0 Å². The second-order valence-electron chi connectivity index (χ2n) is 6.69. The van der Waals surface area contributed by atoms with Crippen LogP contribution in [0.2, 0.25) is 0 Å². The van der Waals surface area contributed by atoms with Gasteiger partial charge in [-0.1, -0.05) is 18.2 Å². The third kappa shape index (κ3) is 4.56. The third-order valence-corrected chi connectivity index (χ3v) is 6.21. The Kier molecular flexibility index (Phi) is 5.84. The summed E-state index contributed by atoms with van der Waals surface area (Å²) >= 11 is 0. The molecule has 1 aliphatic rings. The van der Waals surface area contributed by atoms with Crippen molar-refractivity contribution in [2.45, 2.75) is 49.6 Å². The molecule has 0 saturated heterocycles. The number of anilines is 1. The summed E-state index contributed by atoms with van der Waals surface area (Å²) in [6.07, 6.45) is 5.10. The molecular weight excluding hydrogens is 348 g/mol. The number of hydrogen-bond donors (Lipinski definition) is 2. The molecule has 1 unspecified atom stereocenters. The second-order valence-corrected chi connectivity index (χ2v) is 8.58. The SMILES string of the molecule is CNS(=O)(=O)c1ccc(C(C)Nc2cccc(OC3CCCC3)c2)cc1. The molecule has 2 N–H and O–H groups in total. The van der Waals surface area contributed by atoms with Crippen LogP contribution in [0.25, 0.3) is 0 Å². The first kappa shape index (κ1) is 18.7. The minimum atomic E-state index is -3.40. The molecule has 0 radical (unpaired) electrons. The van der Waals surface area contributed by atoms with E-state index < -0.39 is 10.0 Å². The Hall–Kier alpha value is -2.05. The van der Waals surface area contributed by atoms with E-state index in [1.807, 2.05) is 43.3 Å². The number of rotatable bonds is 7. The van der Waals surface area contributed by atoms with Crippen molar-refractivity contribution in [2.24, 2.45) is 0 Å². The van der Waals surface area contributed by atoms with Crippen molar-refractivity contribution in [1.29, 1.82) is 0 Å². The summed E-state index contributed by atoms with van der Waals surface area (Å²) in [6.45, 7) is 2.05. The average Bonchev–Trinajstić information content (AvgIpc) is 3.15. The van der Waals surface area contributed by atoms with Crippen LogP contribution in [0.5, 0.6) is 5.75 Å². The molecule has 0 aliphatic heterocycles. The fourth-order valence-corrected chi connectivity index (χ4v) is 3.97. The van der Waals surface area contributed by atoms with Crippen LogP contribution in [0.1, 0.15) is 44.2 Å². The summed E-state index contributed by atoms with van der Waals surface area (Å²) in [5, 5.41) is 3.45. The maximum atomic E-state index is 11.8. The lowest BCUT2D eigenvalue weighted by molar-refractivity contribution is 0.210. The summed E-state index contributed by atoms with van der Waals surface area (Å²) in [7, 11) is -1.99. The first-order valence-electron chi connectivity index (χ1n) is 9.05. The van der Waals surface area contributed by atoms with Gasteiger partial charge < -0.3 is 10.1 Å². The first-order valence-corrected chi connectivity index (χ1v) is 10.5. The largest absolute Gasteiger partial charge is 0.490 e. The zero-order valence-corrected chi connectivity index (χ0v) is 16.1. The van der Waals surface area contributed by atoms with Gasteiger partial charge in [-0.05, 0) is 69.5 Å². The van der Waals surface area contributed by atoms with Crippen LogP contribution in [-0.4, -0.2) is 21.6 Å². The highest BCUT2D eigenvalue weighted by atomic mass is 32.2. The molecule has 0 aromatic heterocycles. The Morgan fingerprint density at radius 1 is 1.08 bits per heavy atom. The lowest BCUT2D eigenvalue weighted by Gasteiger charge is -2.18. The lowest BCUT2D eigenvalue weighted by atomic mass is 10.1. The van der Waals surface area contributed by atoms with Crippen molar-refractivity contribution in [3.8, 4) is 5.75 Å². The van der Waals surface area contributed by atoms with Crippen molar-refractivity contribution in [3.05, 3.63) is 54.1 Å². The molecule has 5 nitrogen and oxygen atoms in total. The van der Waals surface area contributed by atoms with Crippen molar-refractivity contribution in [1.82, 2.24) is 4.72 Å². The van der Waals surface area contributed by atoms with E-state index in [1.54, 1.807) is 12.1 Å². The van der Waals surface area contributed by atoms with Crippen LogP contribution in [0, 0.1) is 0 Å². The van der Waals surface area contributed by atoms with E-state index >= 15 is 0 Å². The van der Waals surface area contributed by atoms with Gasteiger partial charge in [-0.25, -0.2) is 13.1 Å². The summed E-state index contributed by atoms with van der Waals surface area (Å²) in [5.74, 6) is 0.893. The van der Waals surface area contributed by atoms with Crippen molar-refractivity contribution >= 4 is 15.7 Å². The smallest absolute Gasteiger partial charge is 0.240 e. The van der Waals surface area contributed by atoms with E-state index in [2.05, 4.69) is 10.0 Å². The van der Waals surface area contributed by atoms with Crippen LogP contribution in [0.15, 0.2) is 53.4 Å². The number of hydrogen-bond acceptors (Lipinski definition) is 4. The Labute approximate surface area is 155 Å². The highest BCUT2D eigenvalue weighted by Gasteiger charge is 2.17. The van der Waals surface area contributed by atoms with Gasteiger partial charge in [0.05, 0.1) is 11.0 Å². The fraction of sp³-hybridized carbons (Fsp3) is 0.400. The van der Waals surface area contributed by atoms with Gasteiger partial charge in [-0.3, -0.25) is 0 Å². The summed E-state index contributed by atoms with van der Waals surface area (Å²) in [5.41, 5.74) is 2.00. The minimum absolute atomic E-state index is 0.0445. The van der Waals surface area contributed by atoms with Crippen molar-refractivity contribution in [2.75, 3.05) is 12.4 Å². The Bertz CT molecular complexity index is 828. The van der Waals surface area contributed by atoms with Crippen molar-refractivity contribution < 1.29 is 13.2 Å². The predicted molar refractivity (Wildman–Crippen MR) is 104 cm³/mol. The van der Waals surface area contributed by atoms with Gasteiger partial charge in [0, 0.05) is 17.8 Å². The van der Waals surface area contributed by atoms with Crippen LogP contribution < -0.4 is 14.8 Å². The van der Waals surface area contributed by atoms with Crippen LogP contribution in [0.3, 0.4) is 0 Å². The minimum Gasteiger partial charge on any atom is -0.490 e. The second kappa shape index (κ2) is 8.10. The highest BCUT2D eigenvalue weighted by molar-refractivity contribution is 7.89. The van der Waals surface area contributed by atoms with Gasteiger partial charge in [-0.15, -0.1) is 0 Å². The topological polar surface area (TPSA) is 67.4 Å². The molecule has 2 aromatic rings. The quantitative estimate of drug-likeness (QED) is 0.766. The zero-order valence-electron chi connectivity index (χ0n) is 15.2. The molecule has 0 amide bonds.